The first-order valence-electron chi connectivity index (χ1n) is 12.0. The molecule has 1 atom stereocenters. The van der Waals surface area contributed by atoms with Crippen LogP contribution in [0.1, 0.15) is 70.8 Å². The minimum atomic E-state index is -0.559. The minimum Gasteiger partial charge on any atom is -0.444 e. The van der Waals surface area contributed by atoms with Crippen molar-refractivity contribution in [2.24, 2.45) is 10.4 Å². The summed E-state index contributed by atoms with van der Waals surface area (Å²) < 4.78 is 5.50. The van der Waals surface area contributed by atoms with Gasteiger partial charge in [-0.15, -0.1) is 0 Å². The largest absolute Gasteiger partial charge is 0.444 e. The molecule has 0 spiro atoms. The molecule has 182 valence electrons. The molecule has 0 aliphatic carbocycles. The molecule has 0 bridgehead atoms. The average molecular weight is 471 g/mol. The number of benzene rings is 3. The van der Waals surface area contributed by atoms with Gasteiger partial charge in [0, 0.05) is 23.9 Å². The van der Waals surface area contributed by atoms with Gasteiger partial charge in [-0.25, -0.2) is 4.79 Å². The van der Waals surface area contributed by atoms with Crippen molar-refractivity contribution in [3.8, 4) is 0 Å². The van der Waals surface area contributed by atoms with E-state index in [1.165, 1.54) is 0 Å². The van der Waals surface area contributed by atoms with Crippen molar-refractivity contribution in [1.29, 1.82) is 0 Å². The third-order valence-electron chi connectivity index (χ3n) is 6.19. The van der Waals surface area contributed by atoms with Crippen molar-refractivity contribution >= 4 is 44.7 Å². The van der Waals surface area contributed by atoms with Gasteiger partial charge in [-0.3, -0.25) is 9.79 Å². The Morgan fingerprint density at radius 3 is 2.11 bits per heavy atom. The Bertz CT molecular complexity index is 1380. The molecule has 0 radical (unpaired) electrons. The number of hydrogen-bond donors (Lipinski definition) is 1. The van der Waals surface area contributed by atoms with Gasteiger partial charge in [-0.1, -0.05) is 45.0 Å². The van der Waals surface area contributed by atoms with Crippen LogP contribution in [-0.4, -0.2) is 29.2 Å². The zero-order valence-electron chi connectivity index (χ0n) is 21.7. The molecule has 1 N–H and O–H groups in total. The highest BCUT2D eigenvalue weighted by Crippen LogP contribution is 2.33. The molecular weight excluding hydrogens is 436 g/mol. The average Bonchev–Trinajstić information content (AvgIpc) is 3.23. The van der Waals surface area contributed by atoms with E-state index in [1.807, 2.05) is 45.2 Å². The van der Waals surface area contributed by atoms with Crippen LogP contribution in [0.3, 0.4) is 0 Å². The third-order valence-corrected chi connectivity index (χ3v) is 6.19. The maximum atomic E-state index is 12.5. The number of nitrogens with zero attached hydrogens (tertiary/aromatic N) is 1. The Hall–Kier alpha value is -3.47. The molecule has 4 rings (SSSR count). The van der Waals surface area contributed by atoms with Gasteiger partial charge in [0.1, 0.15) is 5.60 Å². The van der Waals surface area contributed by atoms with Crippen LogP contribution in [0.2, 0.25) is 0 Å². The second-order valence-electron chi connectivity index (χ2n) is 11.4. The lowest BCUT2D eigenvalue weighted by Crippen LogP contribution is -2.50. The molecule has 3 aromatic carbocycles. The standard InChI is InChI=1S/C30H34N2O3/c1-18(33)19-8-9-20-14-24-15-22(11-10-21(24)13-23(20)12-19)25-16-26(31-17-25)27(29(2,3)4)32-28(34)35-30(5,6)7/h8-15,17,27H,16H2,1-7H3,(H,32,34)/t27-/m1/s1. The maximum Gasteiger partial charge on any atom is 0.408 e. The summed E-state index contributed by atoms with van der Waals surface area (Å²) in [4.78, 5) is 29.0. The SMILES string of the molecule is CC(=O)c1ccc2cc3cc(C4=CN=C([C@@H](NC(=O)OC(C)(C)C)C(C)(C)C)C4)ccc3cc2c1. The van der Waals surface area contributed by atoms with Crippen LogP contribution in [0.25, 0.3) is 27.1 Å². The monoisotopic (exact) mass is 470 g/mol. The number of rotatable bonds is 4. The highest BCUT2D eigenvalue weighted by molar-refractivity contribution is 6.06. The Morgan fingerprint density at radius 1 is 0.886 bits per heavy atom. The van der Waals surface area contributed by atoms with Crippen molar-refractivity contribution in [1.82, 2.24) is 5.32 Å². The number of carbonyl (C=O) groups excluding carboxylic acids is 2. The van der Waals surface area contributed by atoms with Gasteiger partial charge in [0.25, 0.3) is 0 Å². The Labute approximate surface area is 207 Å². The van der Waals surface area contributed by atoms with Crippen molar-refractivity contribution in [3.05, 3.63) is 65.9 Å². The normalized spacial score (nSPS) is 15.1. The number of ketones is 1. The molecule has 5 heteroatoms. The summed E-state index contributed by atoms with van der Waals surface area (Å²) in [6.45, 7) is 13.4. The van der Waals surface area contributed by atoms with Gasteiger partial charge in [0.05, 0.1) is 6.04 Å². The highest BCUT2D eigenvalue weighted by Gasteiger charge is 2.34. The summed E-state index contributed by atoms with van der Waals surface area (Å²) in [7, 11) is 0. The van der Waals surface area contributed by atoms with Crippen LogP contribution >= 0.6 is 0 Å². The first kappa shape index (κ1) is 24.6. The first-order chi connectivity index (χ1) is 16.3. The Balaban J connectivity index is 1.57. The topological polar surface area (TPSA) is 67.8 Å². The van der Waals surface area contributed by atoms with E-state index in [-0.39, 0.29) is 17.2 Å². The molecule has 0 saturated heterocycles. The van der Waals surface area contributed by atoms with Crippen molar-refractivity contribution in [3.63, 3.8) is 0 Å². The van der Waals surface area contributed by atoms with Gasteiger partial charge in [0.15, 0.2) is 5.78 Å². The van der Waals surface area contributed by atoms with Crippen molar-refractivity contribution in [2.75, 3.05) is 0 Å². The van der Waals surface area contributed by atoms with Crippen molar-refractivity contribution in [2.45, 2.75) is 66.5 Å². The number of fused-ring (bicyclic) bond motifs is 2. The van der Waals surface area contributed by atoms with Crippen LogP contribution in [0.4, 0.5) is 4.79 Å². The molecule has 0 fully saturated rings. The lowest BCUT2D eigenvalue weighted by atomic mass is 9.82. The molecule has 1 aliphatic heterocycles. The summed E-state index contributed by atoms with van der Waals surface area (Å²) >= 11 is 0. The lowest BCUT2D eigenvalue weighted by Gasteiger charge is -2.32. The summed E-state index contributed by atoms with van der Waals surface area (Å²) in [6.07, 6.45) is 2.14. The van der Waals surface area contributed by atoms with E-state index in [1.54, 1.807) is 6.92 Å². The first-order valence-corrected chi connectivity index (χ1v) is 12.0. The summed E-state index contributed by atoms with van der Waals surface area (Å²) in [5.74, 6) is 0.0704. The van der Waals surface area contributed by atoms with E-state index >= 15 is 0 Å². The van der Waals surface area contributed by atoms with Gasteiger partial charge in [-0.2, -0.15) is 0 Å². The predicted octanol–water partition coefficient (Wildman–Crippen LogP) is 7.32. The zero-order valence-corrected chi connectivity index (χ0v) is 21.7. The number of nitrogens with one attached hydrogen (secondary N) is 1. The summed E-state index contributed by atoms with van der Waals surface area (Å²) in [6, 6.07) is 16.3. The molecule has 0 aromatic heterocycles. The molecule has 35 heavy (non-hydrogen) atoms. The molecule has 1 aliphatic rings. The van der Waals surface area contributed by atoms with Gasteiger partial charge in [0.2, 0.25) is 0 Å². The Morgan fingerprint density at radius 2 is 1.51 bits per heavy atom. The fourth-order valence-corrected chi connectivity index (χ4v) is 4.44. The van der Waals surface area contributed by atoms with E-state index in [0.29, 0.717) is 6.42 Å². The number of allylic oxidation sites excluding steroid dienone is 1. The Kier molecular flexibility index (Phi) is 6.31. The summed E-state index contributed by atoms with van der Waals surface area (Å²) in [5, 5.41) is 7.47. The van der Waals surface area contributed by atoms with Crippen LogP contribution in [0.15, 0.2) is 59.7 Å². The molecule has 0 unspecified atom stereocenters. The van der Waals surface area contributed by atoms with E-state index in [4.69, 9.17) is 9.73 Å². The fraction of sp³-hybridized carbons (Fsp3) is 0.367. The number of aliphatic imine (C=N–C) groups is 1. The number of alkyl carbamates (subject to hydrolysis) is 1. The molecule has 1 heterocycles. The van der Waals surface area contributed by atoms with Gasteiger partial charge >= 0.3 is 6.09 Å². The number of carbonyl (C=O) groups is 2. The molecular formula is C30H34N2O3. The van der Waals surface area contributed by atoms with Crippen molar-refractivity contribution < 1.29 is 14.3 Å². The van der Waals surface area contributed by atoms with Gasteiger partial charge < -0.3 is 10.1 Å². The van der Waals surface area contributed by atoms with E-state index in [9.17, 15) is 9.59 Å². The molecule has 1 amide bonds. The lowest BCUT2D eigenvalue weighted by molar-refractivity contribution is 0.0490. The third kappa shape index (κ3) is 5.61. The minimum absolute atomic E-state index is 0.0704. The molecule has 3 aromatic rings. The van der Waals surface area contributed by atoms with E-state index in [2.05, 4.69) is 56.4 Å². The van der Waals surface area contributed by atoms with Crippen LogP contribution in [-0.2, 0) is 4.74 Å². The molecule has 0 saturated carbocycles. The van der Waals surface area contributed by atoms with Crippen LogP contribution in [0.5, 0.6) is 0 Å². The van der Waals surface area contributed by atoms with Crippen LogP contribution < -0.4 is 5.32 Å². The maximum absolute atomic E-state index is 12.5. The number of amides is 1. The molecule has 5 nitrogen and oxygen atoms in total. The summed E-state index contributed by atoms with van der Waals surface area (Å²) in [5.41, 5.74) is 3.10. The number of Topliss-reactive ketones (excluding diaryl/α,β-unsaturated/α-hetero) is 1. The predicted molar refractivity (Wildman–Crippen MR) is 144 cm³/mol. The van der Waals surface area contributed by atoms with E-state index < -0.39 is 11.7 Å². The zero-order chi connectivity index (χ0) is 25.5. The van der Waals surface area contributed by atoms with Crippen LogP contribution in [0, 0.1) is 5.41 Å². The van der Waals surface area contributed by atoms with Gasteiger partial charge in [-0.05, 0) is 90.1 Å². The number of ether oxygens (including phenoxy) is 1. The highest BCUT2D eigenvalue weighted by atomic mass is 16.6. The fourth-order valence-electron chi connectivity index (χ4n) is 4.44. The second kappa shape index (κ2) is 8.95. The number of hydrogen-bond acceptors (Lipinski definition) is 4. The quantitative estimate of drug-likeness (QED) is 0.321. The van der Waals surface area contributed by atoms with E-state index in [0.717, 1.165) is 44.0 Å². The smallest absolute Gasteiger partial charge is 0.408 e. The second-order valence-corrected chi connectivity index (χ2v) is 11.4.